The Morgan fingerprint density at radius 3 is 2.48 bits per heavy atom. The molecule has 2 heteroatoms. The number of Topliss-reactive ketones (excluding diaryl/α,β-unsaturated/α-hetero) is 1. The number of hydrogen-bond acceptors (Lipinski definition) is 2. The van der Waals surface area contributed by atoms with Crippen molar-refractivity contribution in [1.82, 2.24) is 0 Å². The molecule has 0 saturated heterocycles. The standard InChI is InChI=1S/C23H25NO/c1-15-8-10-16(11-9-15)18-12-17-6-4-5-7-19(17)24-20-13-23(2,3)14-21(25)22(18)20/h4-11,18,24H,12-14H2,1-3H3. The number of carbonyl (C=O) groups is 1. The lowest BCUT2D eigenvalue weighted by atomic mass is 9.71. The van der Waals surface area contributed by atoms with Gasteiger partial charge in [-0.2, -0.15) is 0 Å². The molecule has 128 valence electrons. The molecule has 0 saturated carbocycles. The van der Waals surface area contributed by atoms with Gasteiger partial charge in [0, 0.05) is 29.3 Å². The fourth-order valence-electron chi connectivity index (χ4n) is 4.24. The second-order valence-corrected chi connectivity index (χ2v) is 8.28. The Labute approximate surface area is 150 Å². The fourth-order valence-corrected chi connectivity index (χ4v) is 4.24. The highest BCUT2D eigenvalue weighted by Crippen LogP contribution is 2.45. The van der Waals surface area contributed by atoms with Crippen LogP contribution in [0, 0.1) is 12.3 Å². The van der Waals surface area contributed by atoms with Crippen molar-refractivity contribution in [3.63, 3.8) is 0 Å². The van der Waals surface area contributed by atoms with Crippen molar-refractivity contribution < 1.29 is 4.79 Å². The molecule has 4 rings (SSSR count). The van der Waals surface area contributed by atoms with E-state index in [4.69, 9.17) is 0 Å². The quantitative estimate of drug-likeness (QED) is 0.759. The third kappa shape index (κ3) is 3.02. The SMILES string of the molecule is Cc1ccc(C2Cc3ccccc3NC3=C2C(=O)CC(C)(C)C3)cc1. The Morgan fingerprint density at radius 2 is 1.72 bits per heavy atom. The molecule has 2 nitrogen and oxygen atoms in total. The minimum atomic E-state index is 0.0139. The van der Waals surface area contributed by atoms with E-state index < -0.39 is 0 Å². The van der Waals surface area contributed by atoms with E-state index in [9.17, 15) is 4.79 Å². The minimum Gasteiger partial charge on any atom is -0.358 e. The molecule has 1 atom stereocenters. The minimum absolute atomic E-state index is 0.0139. The van der Waals surface area contributed by atoms with Crippen molar-refractivity contribution in [2.24, 2.45) is 5.41 Å². The lowest BCUT2D eigenvalue weighted by Gasteiger charge is -2.34. The van der Waals surface area contributed by atoms with Crippen LogP contribution in [-0.4, -0.2) is 5.78 Å². The Bertz CT molecular complexity index is 858. The molecule has 1 heterocycles. The highest BCUT2D eigenvalue weighted by atomic mass is 16.1. The maximum Gasteiger partial charge on any atom is 0.161 e. The van der Waals surface area contributed by atoms with Gasteiger partial charge in [0.15, 0.2) is 5.78 Å². The molecule has 0 bridgehead atoms. The summed E-state index contributed by atoms with van der Waals surface area (Å²) in [4.78, 5) is 13.1. The van der Waals surface area contributed by atoms with Crippen molar-refractivity contribution >= 4 is 11.5 Å². The van der Waals surface area contributed by atoms with Crippen molar-refractivity contribution in [3.8, 4) is 0 Å². The molecule has 0 radical (unpaired) electrons. The maximum atomic E-state index is 13.1. The van der Waals surface area contributed by atoms with Gasteiger partial charge in [0.1, 0.15) is 0 Å². The summed E-state index contributed by atoms with van der Waals surface area (Å²) in [6.07, 6.45) is 2.42. The van der Waals surface area contributed by atoms with E-state index in [1.54, 1.807) is 0 Å². The summed E-state index contributed by atoms with van der Waals surface area (Å²) in [5, 5.41) is 3.62. The lowest BCUT2D eigenvalue weighted by molar-refractivity contribution is -0.118. The topological polar surface area (TPSA) is 29.1 Å². The van der Waals surface area contributed by atoms with E-state index in [0.29, 0.717) is 12.2 Å². The van der Waals surface area contributed by atoms with Gasteiger partial charge in [-0.15, -0.1) is 0 Å². The molecule has 0 amide bonds. The van der Waals surface area contributed by atoms with Crippen LogP contribution in [0.15, 0.2) is 59.8 Å². The van der Waals surface area contributed by atoms with Crippen LogP contribution >= 0.6 is 0 Å². The summed E-state index contributed by atoms with van der Waals surface area (Å²) < 4.78 is 0. The summed E-state index contributed by atoms with van der Waals surface area (Å²) in [6.45, 7) is 6.48. The van der Waals surface area contributed by atoms with Gasteiger partial charge in [0.2, 0.25) is 0 Å². The highest BCUT2D eigenvalue weighted by molar-refractivity contribution is 6.00. The molecule has 1 aliphatic carbocycles. The Morgan fingerprint density at radius 1 is 1.00 bits per heavy atom. The number of hydrogen-bond donors (Lipinski definition) is 1. The Balaban J connectivity index is 1.88. The highest BCUT2D eigenvalue weighted by Gasteiger charge is 2.38. The van der Waals surface area contributed by atoms with E-state index in [1.807, 2.05) is 0 Å². The Hall–Kier alpha value is -2.35. The molecule has 2 aromatic carbocycles. The first-order chi connectivity index (χ1) is 11.9. The van der Waals surface area contributed by atoms with Crippen LogP contribution in [0.1, 0.15) is 49.3 Å². The number of anilines is 1. The van der Waals surface area contributed by atoms with E-state index in [2.05, 4.69) is 74.6 Å². The molecule has 0 spiro atoms. The van der Waals surface area contributed by atoms with Gasteiger partial charge in [-0.25, -0.2) is 0 Å². The van der Waals surface area contributed by atoms with E-state index in [0.717, 1.165) is 29.8 Å². The summed E-state index contributed by atoms with van der Waals surface area (Å²) >= 11 is 0. The van der Waals surface area contributed by atoms with Crippen molar-refractivity contribution in [1.29, 1.82) is 0 Å². The van der Waals surface area contributed by atoms with Crippen LogP contribution in [0.25, 0.3) is 0 Å². The first-order valence-corrected chi connectivity index (χ1v) is 9.11. The first kappa shape index (κ1) is 16.1. The zero-order valence-corrected chi connectivity index (χ0v) is 15.2. The largest absolute Gasteiger partial charge is 0.358 e. The monoisotopic (exact) mass is 331 g/mol. The second-order valence-electron chi connectivity index (χ2n) is 8.28. The van der Waals surface area contributed by atoms with E-state index >= 15 is 0 Å². The van der Waals surface area contributed by atoms with Crippen LogP contribution in [0.4, 0.5) is 5.69 Å². The number of benzene rings is 2. The number of carbonyl (C=O) groups excluding carboxylic acids is 1. The lowest BCUT2D eigenvalue weighted by Crippen LogP contribution is -2.30. The van der Waals surface area contributed by atoms with Crippen molar-refractivity contribution in [3.05, 3.63) is 76.5 Å². The van der Waals surface area contributed by atoms with Gasteiger partial charge >= 0.3 is 0 Å². The number of aryl methyl sites for hydroxylation is 1. The molecule has 25 heavy (non-hydrogen) atoms. The van der Waals surface area contributed by atoms with E-state index in [-0.39, 0.29) is 11.3 Å². The number of fused-ring (bicyclic) bond motifs is 1. The fraction of sp³-hybridized carbons (Fsp3) is 0.348. The third-order valence-electron chi connectivity index (χ3n) is 5.48. The van der Waals surface area contributed by atoms with Crippen molar-refractivity contribution in [2.75, 3.05) is 5.32 Å². The number of rotatable bonds is 1. The van der Waals surface area contributed by atoms with Crippen LogP contribution in [0.2, 0.25) is 0 Å². The van der Waals surface area contributed by atoms with Gasteiger partial charge in [0.05, 0.1) is 0 Å². The van der Waals surface area contributed by atoms with Gasteiger partial charge in [0.25, 0.3) is 0 Å². The van der Waals surface area contributed by atoms with Gasteiger partial charge < -0.3 is 5.32 Å². The molecule has 0 fully saturated rings. The molecule has 1 N–H and O–H groups in total. The van der Waals surface area contributed by atoms with Crippen LogP contribution < -0.4 is 5.32 Å². The average Bonchev–Trinajstić information content (AvgIpc) is 2.70. The second kappa shape index (κ2) is 5.87. The molecule has 1 aliphatic heterocycles. The molecular formula is C23H25NO. The zero-order valence-electron chi connectivity index (χ0n) is 15.2. The van der Waals surface area contributed by atoms with Gasteiger partial charge in [-0.1, -0.05) is 61.9 Å². The predicted molar refractivity (Wildman–Crippen MR) is 103 cm³/mol. The molecule has 1 unspecified atom stereocenters. The summed E-state index contributed by atoms with van der Waals surface area (Å²) in [6, 6.07) is 17.1. The number of para-hydroxylation sites is 1. The summed E-state index contributed by atoms with van der Waals surface area (Å²) in [5.74, 6) is 0.437. The summed E-state index contributed by atoms with van der Waals surface area (Å²) in [5.41, 5.74) is 7.06. The molecule has 0 aromatic heterocycles. The molecular weight excluding hydrogens is 306 g/mol. The predicted octanol–water partition coefficient (Wildman–Crippen LogP) is 5.39. The number of nitrogens with one attached hydrogen (secondary N) is 1. The van der Waals surface area contributed by atoms with Crippen LogP contribution in [-0.2, 0) is 11.2 Å². The first-order valence-electron chi connectivity index (χ1n) is 9.11. The van der Waals surface area contributed by atoms with Gasteiger partial charge in [-0.3, -0.25) is 4.79 Å². The maximum absolute atomic E-state index is 13.1. The number of allylic oxidation sites excluding steroid dienone is 2. The average molecular weight is 331 g/mol. The van der Waals surface area contributed by atoms with Crippen LogP contribution in [0.3, 0.4) is 0 Å². The van der Waals surface area contributed by atoms with E-state index in [1.165, 1.54) is 16.7 Å². The number of ketones is 1. The van der Waals surface area contributed by atoms with Gasteiger partial charge in [-0.05, 0) is 42.4 Å². The smallest absolute Gasteiger partial charge is 0.161 e. The van der Waals surface area contributed by atoms with Crippen molar-refractivity contribution in [2.45, 2.75) is 46.0 Å². The zero-order chi connectivity index (χ0) is 17.6. The summed E-state index contributed by atoms with van der Waals surface area (Å²) in [7, 11) is 0. The molecule has 2 aromatic rings. The Kier molecular flexibility index (Phi) is 3.79. The molecule has 2 aliphatic rings. The third-order valence-corrected chi connectivity index (χ3v) is 5.48. The normalized spacial score (nSPS) is 21.9. The van der Waals surface area contributed by atoms with Crippen LogP contribution in [0.5, 0.6) is 0 Å².